The second-order valence-corrected chi connectivity index (χ2v) is 3.28. The smallest absolute Gasteiger partial charge is 0.347 e. The number of fused-ring (bicyclic) bond motifs is 1. The highest BCUT2D eigenvalue weighted by Gasteiger charge is 2.26. The normalized spacial score (nSPS) is 19.4. The van der Waals surface area contributed by atoms with Gasteiger partial charge in [-0.25, -0.2) is 4.79 Å². The van der Waals surface area contributed by atoms with Crippen LogP contribution in [0, 0.1) is 0 Å². The number of para-hydroxylation sites is 1. The number of carbonyl (C=O) groups excluding carboxylic acids is 1. The molecule has 1 aromatic rings. The molecule has 0 bridgehead atoms. The summed E-state index contributed by atoms with van der Waals surface area (Å²) in [6.07, 6.45) is 1.13. The lowest BCUT2D eigenvalue weighted by Crippen LogP contribution is -2.32. The molecular formula is C11H12O3. The first-order valence-electron chi connectivity index (χ1n) is 4.63. The lowest BCUT2D eigenvalue weighted by Gasteiger charge is -2.23. The Morgan fingerprint density at radius 3 is 3.07 bits per heavy atom. The summed E-state index contributed by atoms with van der Waals surface area (Å²) in [7, 11) is 1.38. The first kappa shape index (κ1) is 9.06. The fraction of sp³-hybridized carbons (Fsp3) is 0.364. The van der Waals surface area contributed by atoms with E-state index in [1.165, 1.54) is 7.11 Å². The van der Waals surface area contributed by atoms with E-state index in [4.69, 9.17) is 4.74 Å². The van der Waals surface area contributed by atoms with Gasteiger partial charge in [0.1, 0.15) is 5.75 Å². The van der Waals surface area contributed by atoms with Crippen molar-refractivity contribution in [2.45, 2.75) is 18.9 Å². The molecule has 1 aromatic carbocycles. The van der Waals surface area contributed by atoms with Crippen LogP contribution in [0.25, 0.3) is 0 Å². The largest absolute Gasteiger partial charge is 0.478 e. The molecule has 0 aliphatic carbocycles. The fourth-order valence-corrected chi connectivity index (χ4v) is 1.62. The topological polar surface area (TPSA) is 35.5 Å². The maximum Gasteiger partial charge on any atom is 0.347 e. The molecule has 0 spiro atoms. The first-order valence-corrected chi connectivity index (χ1v) is 4.63. The van der Waals surface area contributed by atoms with Gasteiger partial charge < -0.3 is 9.47 Å². The number of esters is 1. The van der Waals surface area contributed by atoms with Gasteiger partial charge in [-0.15, -0.1) is 0 Å². The Bertz CT molecular complexity index is 346. The number of hydrogen-bond acceptors (Lipinski definition) is 3. The van der Waals surface area contributed by atoms with Gasteiger partial charge >= 0.3 is 5.97 Å². The average Bonchev–Trinajstić information content (AvgIpc) is 2.27. The number of hydrogen-bond donors (Lipinski definition) is 0. The van der Waals surface area contributed by atoms with Crippen LogP contribution in [0.2, 0.25) is 0 Å². The summed E-state index contributed by atoms with van der Waals surface area (Å²) in [6, 6.07) is 7.77. The number of carbonyl (C=O) groups is 1. The maximum absolute atomic E-state index is 11.2. The molecule has 74 valence electrons. The summed E-state index contributed by atoms with van der Waals surface area (Å²) in [6.45, 7) is 0. The number of ether oxygens (including phenoxy) is 2. The summed E-state index contributed by atoms with van der Waals surface area (Å²) >= 11 is 0. The van der Waals surface area contributed by atoms with Crippen molar-refractivity contribution in [2.24, 2.45) is 0 Å². The molecule has 0 aromatic heterocycles. The Hall–Kier alpha value is -1.51. The minimum absolute atomic E-state index is 0.292. The van der Waals surface area contributed by atoms with Crippen molar-refractivity contribution >= 4 is 5.97 Å². The van der Waals surface area contributed by atoms with E-state index in [1.807, 2.05) is 24.3 Å². The molecule has 0 saturated carbocycles. The summed E-state index contributed by atoms with van der Waals surface area (Å²) in [4.78, 5) is 11.2. The molecule has 14 heavy (non-hydrogen) atoms. The minimum atomic E-state index is -0.435. The zero-order chi connectivity index (χ0) is 9.97. The molecule has 1 heterocycles. The summed E-state index contributed by atoms with van der Waals surface area (Å²) < 4.78 is 10.2. The van der Waals surface area contributed by atoms with E-state index in [9.17, 15) is 4.79 Å². The highest BCUT2D eigenvalue weighted by Crippen LogP contribution is 2.27. The number of rotatable bonds is 1. The molecule has 0 unspecified atom stereocenters. The number of benzene rings is 1. The van der Waals surface area contributed by atoms with Crippen molar-refractivity contribution in [3.8, 4) is 5.75 Å². The summed E-state index contributed by atoms with van der Waals surface area (Å²) in [5.74, 6) is 0.508. The van der Waals surface area contributed by atoms with Gasteiger partial charge in [-0.05, 0) is 24.5 Å². The van der Waals surface area contributed by atoms with Gasteiger partial charge in [-0.2, -0.15) is 0 Å². The van der Waals surface area contributed by atoms with Crippen LogP contribution < -0.4 is 4.74 Å². The molecule has 0 fully saturated rings. The third-order valence-electron chi connectivity index (χ3n) is 2.38. The Labute approximate surface area is 82.6 Å². The van der Waals surface area contributed by atoms with Gasteiger partial charge in [0.25, 0.3) is 0 Å². The van der Waals surface area contributed by atoms with E-state index < -0.39 is 6.10 Å². The van der Waals surface area contributed by atoms with Crippen LogP contribution in [0.5, 0.6) is 5.75 Å². The van der Waals surface area contributed by atoms with Crippen LogP contribution in [-0.4, -0.2) is 19.2 Å². The minimum Gasteiger partial charge on any atom is -0.478 e. The van der Waals surface area contributed by atoms with Gasteiger partial charge in [0, 0.05) is 0 Å². The van der Waals surface area contributed by atoms with Crippen molar-refractivity contribution in [3.05, 3.63) is 29.8 Å². The van der Waals surface area contributed by atoms with Gasteiger partial charge in [-0.3, -0.25) is 0 Å². The van der Waals surface area contributed by atoms with Gasteiger partial charge in [-0.1, -0.05) is 18.2 Å². The van der Waals surface area contributed by atoms with Crippen LogP contribution in [0.3, 0.4) is 0 Å². The van der Waals surface area contributed by atoms with E-state index in [0.29, 0.717) is 6.42 Å². The van der Waals surface area contributed by atoms with E-state index in [2.05, 4.69) is 4.74 Å². The van der Waals surface area contributed by atoms with Gasteiger partial charge in [0.15, 0.2) is 6.10 Å². The van der Waals surface area contributed by atoms with E-state index in [1.54, 1.807) is 0 Å². The molecule has 1 aliphatic heterocycles. The molecule has 1 aliphatic rings. The molecule has 0 amide bonds. The highest BCUT2D eigenvalue weighted by molar-refractivity contribution is 5.75. The summed E-state index contributed by atoms with van der Waals surface area (Å²) in [5, 5.41) is 0. The zero-order valence-corrected chi connectivity index (χ0v) is 8.03. The second-order valence-electron chi connectivity index (χ2n) is 3.28. The SMILES string of the molecule is COC(=O)[C@@H]1CCc2ccccc2O1. The molecule has 0 N–H and O–H groups in total. The van der Waals surface area contributed by atoms with E-state index in [-0.39, 0.29) is 5.97 Å². The predicted molar refractivity (Wildman–Crippen MR) is 51.2 cm³/mol. The van der Waals surface area contributed by atoms with E-state index >= 15 is 0 Å². The van der Waals surface area contributed by atoms with E-state index in [0.717, 1.165) is 17.7 Å². The summed E-state index contributed by atoms with van der Waals surface area (Å²) in [5.41, 5.74) is 1.16. The third kappa shape index (κ3) is 1.58. The lowest BCUT2D eigenvalue weighted by atomic mass is 10.0. The number of methoxy groups -OCH3 is 1. The molecule has 3 heteroatoms. The Morgan fingerprint density at radius 1 is 1.50 bits per heavy atom. The van der Waals surface area contributed by atoms with Crippen LogP contribution in [0.1, 0.15) is 12.0 Å². The molecular weight excluding hydrogens is 180 g/mol. The monoisotopic (exact) mass is 192 g/mol. The van der Waals surface area contributed by atoms with Crippen molar-refractivity contribution in [2.75, 3.05) is 7.11 Å². The van der Waals surface area contributed by atoms with Crippen molar-refractivity contribution in [1.29, 1.82) is 0 Å². The zero-order valence-electron chi connectivity index (χ0n) is 8.03. The number of aryl methyl sites for hydroxylation is 1. The van der Waals surface area contributed by atoms with Crippen molar-refractivity contribution < 1.29 is 14.3 Å². The average molecular weight is 192 g/mol. The maximum atomic E-state index is 11.2. The molecule has 3 nitrogen and oxygen atoms in total. The molecule has 1 atom stereocenters. The molecule has 2 rings (SSSR count). The second kappa shape index (κ2) is 3.70. The third-order valence-corrected chi connectivity index (χ3v) is 2.38. The molecule has 0 saturated heterocycles. The Morgan fingerprint density at radius 2 is 2.29 bits per heavy atom. The highest BCUT2D eigenvalue weighted by atomic mass is 16.6. The molecule has 0 radical (unpaired) electrons. The Kier molecular flexibility index (Phi) is 2.39. The standard InChI is InChI=1S/C11H12O3/c1-13-11(12)10-7-6-8-4-2-3-5-9(8)14-10/h2-5,10H,6-7H2,1H3/t10-/m0/s1. The van der Waals surface area contributed by atoms with Crippen LogP contribution in [0.4, 0.5) is 0 Å². The van der Waals surface area contributed by atoms with Crippen molar-refractivity contribution in [3.63, 3.8) is 0 Å². The van der Waals surface area contributed by atoms with Crippen LogP contribution in [-0.2, 0) is 16.0 Å². The lowest BCUT2D eigenvalue weighted by molar-refractivity contribution is -0.149. The Balaban J connectivity index is 2.17. The van der Waals surface area contributed by atoms with Gasteiger partial charge in [0.2, 0.25) is 0 Å². The first-order chi connectivity index (χ1) is 6.81. The van der Waals surface area contributed by atoms with Crippen molar-refractivity contribution in [1.82, 2.24) is 0 Å². The quantitative estimate of drug-likeness (QED) is 0.633. The fourth-order valence-electron chi connectivity index (χ4n) is 1.62. The van der Waals surface area contributed by atoms with Gasteiger partial charge in [0.05, 0.1) is 7.11 Å². The van der Waals surface area contributed by atoms with Crippen LogP contribution in [0.15, 0.2) is 24.3 Å². The van der Waals surface area contributed by atoms with Crippen LogP contribution >= 0.6 is 0 Å². The predicted octanol–water partition coefficient (Wildman–Crippen LogP) is 1.55.